The van der Waals surface area contributed by atoms with E-state index in [4.69, 9.17) is 0 Å². The van der Waals surface area contributed by atoms with Crippen molar-refractivity contribution in [3.05, 3.63) is 24.3 Å². The molecule has 1 saturated carbocycles. The van der Waals surface area contributed by atoms with Gasteiger partial charge in [0.25, 0.3) is 0 Å². The van der Waals surface area contributed by atoms with Gasteiger partial charge in [-0.2, -0.15) is 0 Å². The fraction of sp³-hybridized carbons (Fsp3) is 0.879. The lowest BCUT2D eigenvalue weighted by Gasteiger charge is -2.48. The lowest BCUT2D eigenvalue weighted by molar-refractivity contribution is 0.0506. The minimum atomic E-state index is 0.292. The average Bonchev–Trinajstić information content (AvgIpc) is 3.42. The number of allylic oxidation sites excluding steroid dienone is 3. The summed E-state index contributed by atoms with van der Waals surface area (Å²) < 4.78 is 0. The fourth-order valence-corrected chi connectivity index (χ4v) is 7.00. The van der Waals surface area contributed by atoms with E-state index in [9.17, 15) is 0 Å². The first-order valence-electron chi connectivity index (χ1n) is 14.8. The van der Waals surface area contributed by atoms with Gasteiger partial charge in [-0.05, 0) is 78.4 Å². The number of rotatable bonds is 18. The number of hydrogen-bond donors (Lipinski definition) is 0. The lowest BCUT2D eigenvalue weighted by Crippen LogP contribution is -2.40. The van der Waals surface area contributed by atoms with E-state index in [-0.39, 0.29) is 0 Å². The van der Waals surface area contributed by atoms with Crippen LogP contribution in [0.25, 0.3) is 0 Å². The first-order valence-corrected chi connectivity index (χ1v) is 14.8. The quantitative estimate of drug-likeness (QED) is 0.141. The molecule has 0 nitrogen and oxygen atoms in total. The van der Waals surface area contributed by atoms with Crippen molar-refractivity contribution in [2.24, 2.45) is 46.3 Å². The first-order chi connectivity index (χ1) is 15.5. The van der Waals surface area contributed by atoms with Crippen molar-refractivity contribution in [3.8, 4) is 0 Å². The van der Waals surface area contributed by atoms with Crippen LogP contribution in [0.4, 0.5) is 0 Å². The van der Waals surface area contributed by atoms with Crippen LogP contribution in [0.2, 0.25) is 0 Å². The lowest BCUT2D eigenvalue weighted by atomic mass is 9.56. The van der Waals surface area contributed by atoms with Gasteiger partial charge >= 0.3 is 0 Å². The minimum Gasteiger partial charge on any atom is -0.103 e. The Bertz CT molecular complexity index is 579. The summed E-state index contributed by atoms with van der Waals surface area (Å²) in [6.45, 7) is 29.0. The summed E-state index contributed by atoms with van der Waals surface area (Å²) >= 11 is 0. The van der Waals surface area contributed by atoms with E-state index in [0.29, 0.717) is 22.7 Å². The normalized spacial score (nSPS) is 23.2. The molecule has 0 heteroatoms. The predicted octanol–water partition coefficient (Wildman–Crippen LogP) is 11.3. The SMILES string of the molecule is C=CC(CC(C)CCCCC)C(C)(C)CC(C)C(C=C1CC1C)(CC(C)C)C(CC)CCC. The largest absolute Gasteiger partial charge is 0.103 e. The fourth-order valence-electron chi connectivity index (χ4n) is 7.00. The van der Waals surface area contributed by atoms with Crippen molar-refractivity contribution in [1.82, 2.24) is 0 Å². The van der Waals surface area contributed by atoms with Gasteiger partial charge in [-0.15, -0.1) is 6.58 Å². The molecule has 33 heavy (non-hydrogen) atoms. The molecule has 1 aliphatic rings. The maximum absolute atomic E-state index is 4.33. The van der Waals surface area contributed by atoms with Crippen LogP contribution >= 0.6 is 0 Å². The molecule has 0 saturated heterocycles. The molecular formula is C33H62. The molecule has 0 aromatic carbocycles. The van der Waals surface area contributed by atoms with Crippen molar-refractivity contribution in [2.45, 2.75) is 140 Å². The molecule has 0 aliphatic heterocycles. The summed E-state index contributed by atoms with van der Waals surface area (Å²) in [6, 6.07) is 0. The standard InChI is InChI=1S/C33H62/c1-12-16-17-19-26(7)20-31(15-4)32(10,11)23-28(9)33(22-25(5)6,24-29-21-27(29)8)30(14-3)18-13-2/h15,24-28,30-31H,4,12-14,16-23H2,1-3,5-11H3. The van der Waals surface area contributed by atoms with Gasteiger partial charge in [0.15, 0.2) is 0 Å². The second kappa shape index (κ2) is 14.1. The Morgan fingerprint density at radius 3 is 2.06 bits per heavy atom. The summed E-state index contributed by atoms with van der Waals surface area (Å²) in [5, 5.41) is 0. The van der Waals surface area contributed by atoms with Crippen LogP contribution in [0, 0.1) is 46.3 Å². The highest BCUT2D eigenvalue weighted by atomic mass is 14.5. The first kappa shape index (κ1) is 30.5. The monoisotopic (exact) mass is 458 g/mol. The molecule has 1 fully saturated rings. The van der Waals surface area contributed by atoms with Gasteiger partial charge in [-0.25, -0.2) is 0 Å². The van der Waals surface area contributed by atoms with Crippen LogP contribution in [0.5, 0.6) is 0 Å². The van der Waals surface area contributed by atoms with E-state index in [1.165, 1.54) is 70.6 Å². The van der Waals surface area contributed by atoms with Gasteiger partial charge in [-0.1, -0.05) is 125 Å². The van der Waals surface area contributed by atoms with Crippen LogP contribution in [0.1, 0.15) is 140 Å². The summed E-state index contributed by atoms with van der Waals surface area (Å²) in [4.78, 5) is 0. The zero-order valence-electron chi connectivity index (χ0n) is 24.6. The van der Waals surface area contributed by atoms with Crippen molar-refractivity contribution in [1.29, 1.82) is 0 Å². The van der Waals surface area contributed by atoms with Crippen molar-refractivity contribution in [3.63, 3.8) is 0 Å². The van der Waals surface area contributed by atoms with Gasteiger partial charge in [-0.3, -0.25) is 0 Å². The van der Waals surface area contributed by atoms with Gasteiger partial charge in [0.05, 0.1) is 0 Å². The van der Waals surface area contributed by atoms with Gasteiger partial charge in [0, 0.05) is 0 Å². The zero-order valence-corrected chi connectivity index (χ0v) is 24.6. The topological polar surface area (TPSA) is 0 Å². The minimum absolute atomic E-state index is 0.292. The number of hydrogen-bond acceptors (Lipinski definition) is 0. The molecule has 6 atom stereocenters. The van der Waals surface area contributed by atoms with E-state index in [0.717, 1.165) is 23.7 Å². The molecule has 194 valence electrons. The Labute approximate surface area is 210 Å². The molecule has 0 spiro atoms. The highest BCUT2D eigenvalue weighted by Gasteiger charge is 2.45. The highest BCUT2D eigenvalue weighted by molar-refractivity contribution is 5.26. The summed E-state index contributed by atoms with van der Waals surface area (Å²) in [5.74, 6) is 4.46. The molecule has 0 radical (unpaired) electrons. The van der Waals surface area contributed by atoms with Crippen LogP contribution in [-0.4, -0.2) is 0 Å². The molecule has 0 amide bonds. The van der Waals surface area contributed by atoms with E-state index in [1.807, 2.05) is 0 Å². The molecule has 0 aromatic rings. The third-order valence-electron chi connectivity index (χ3n) is 9.12. The zero-order chi connectivity index (χ0) is 25.2. The Morgan fingerprint density at radius 1 is 0.970 bits per heavy atom. The van der Waals surface area contributed by atoms with Crippen molar-refractivity contribution >= 4 is 0 Å². The van der Waals surface area contributed by atoms with Gasteiger partial charge < -0.3 is 0 Å². The second-order valence-electron chi connectivity index (χ2n) is 13.2. The second-order valence-corrected chi connectivity index (χ2v) is 13.2. The summed E-state index contributed by atoms with van der Waals surface area (Å²) in [5.41, 5.74) is 2.38. The average molecular weight is 459 g/mol. The van der Waals surface area contributed by atoms with Crippen LogP contribution in [-0.2, 0) is 0 Å². The summed E-state index contributed by atoms with van der Waals surface area (Å²) in [6.07, 6.45) is 19.9. The summed E-state index contributed by atoms with van der Waals surface area (Å²) in [7, 11) is 0. The third-order valence-corrected chi connectivity index (χ3v) is 9.12. The number of unbranched alkanes of at least 4 members (excludes halogenated alkanes) is 2. The van der Waals surface area contributed by atoms with Crippen LogP contribution in [0.3, 0.4) is 0 Å². The Kier molecular flexibility index (Phi) is 13.1. The smallest absolute Gasteiger partial charge is 0.00591 e. The predicted molar refractivity (Wildman–Crippen MR) is 152 cm³/mol. The van der Waals surface area contributed by atoms with Crippen LogP contribution < -0.4 is 0 Å². The van der Waals surface area contributed by atoms with Crippen molar-refractivity contribution in [2.75, 3.05) is 0 Å². The molecular weight excluding hydrogens is 396 g/mol. The van der Waals surface area contributed by atoms with E-state index >= 15 is 0 Å². The molecule has 0 aromatic heterocycles. The molecule has 1 rings (SSSR count). The third kappa shape index (κ3) is 9.22. The van der Waals surface area contributed by atoms with Gasteiger partial charge in [0.1, 0.15) is 0 Å². The molecule has 0 N–H and O–H groups in total. The highest BCUT2D eigenvalue weighted by Crippen LogP contribution is 2.55. The van der Waals surface area contributed by atoms with Crippen molar-refractivity contribution < 1.29 is 0 Å². The Hall–Kier alpha value is -0.520. The molecule has 0 heterocycles. The maximum Gasteiger partial charge on any atom is -0.00591 e. The Balaban J connectivity index is 3.18. The van der Waals surface area contributed by atoms with Gasteiger partial charge in [0.2, 0.25) is 0 Å². The molecule has 1 aliphatic carbocycles. The van der Waals surface area contributed by atoms with E-state index < -0.39 is 0 Å². The maximum atomic E-state index is 4.33. The Morgan fingerprint density at radius 2 is 1.61 bits per heavy atom. The molecule has 6 unspecified atom stereocenters. The van der Waals surface area contributed by atoms with E-state index in [2.05, 4.69) is 88.0 Å². The molecule has 0 bridgehead atoms. The van der Waals surface area contributed by atoms with Crippen LogP contribution in [0.15, 0.2) is 24.3 Å². The van der Waals surface area contributed by atoms with E-state index in [1.54, 1.807) is 5.57 Å².